The Hall–Kier alpha value is -1.90. The Morgan fingerprint density at radius 1 is 1.21 bits per heavy atom. The molecule has 3 heteroatoms. The van der Waals surface area contributed by atoms with Gasteiger partial charge in [0.15, 0.2) is 0 Å². The molecular weight excluding hydrogens is 176 g/mol. The largest absolute Gasteiger partial charge is 0.470 e. The topological polar surface area (TPSA) is 45.4 Å². The van der Waals surface area contributed by atoms with Gasteiger partial charge in [-0.2, -0.15) is 0 Å². The van der Waals surface area contributed by atoms with E-state index in [0.29, 0.717) is 0 Å². The minimum Gasteiger partial charge on any atom is -0.470 e. The van der Waals surface area contributed by atoms with E-state index in [1.165, 1.54) is 0 Å². The van der Waals surface area contributed by atoms with Gasteiger partial charge >= 0.3 is 0 Å². The first-order chi connectivity index (χ1) is 6.92. The molecule has 70 valence electrons. The molecule has 0 saturated carbocycles. The number of rotatable bonds is 2. The van der Waals surface area contributed by atoms with E-state index in [2.05, 4.69) is 5.11 Å². The number of allylic oxidation sites excluding steroid dienone is 2. The van der Waals surface area contributed by atoms with Crippen molar-refractivity contribution in [2.75, 3.05) is 0 Å². The predicted molar refractivity (Wildman–Crippen MR) is 53.6 cm³/mol. The Morgan fingerprint density at radius 2 is 2.00 bits per heavy atom. The highest BCUT2D eigenvalue weighted by Gasteiger charge is 2.16. The van der Waals surface area contributed by atoms with Gasteiger partial charge in [0.1, 0.15) is 0 Å². The Bertz CT molecular complexity index is 382. The van der Waals surface area contributed by atoms with Gasteiger partial charge in [-0.3, -0.25) is 0 Å². The Labute approximate surface area is 82.2 Å². The molecule has 1 heterocycles. The van der Waals surface area contributed by atoms with Crippen LogP contribution < -0.4 is 0 Å². The fraction of sp³-hybridized carbons (Fsp3) is 0.0909. The highest BCUT2D eigenvalue weighted by Crippen LogP contribution is 2.24. The highest BCUT2D eigenvalue weighted by molar-refractivity contribution is 5.70. The van der Waals surface area contributed by atoms with Crippen LogP contribution in [0.1, 0.15) is 5.56 Å². The van der Waals surface area contributed by atoms with Gasteiger partial charge < -0.3 is 4.74 Å². The summed E-state index contributed by atoms with van der Waals surface area (Å²) in [5.74, 6) is 0. The SMILES string of the molecule is N=NC1OC=CC=C1c1ccccc1. The van der Waals surface area contributed by atoms with Gasteiger partial charge in [-0.25, -0.2) is 5.53 Å². The second kappa shape index (κ2) is 3.87. The molecule has 14 heavy (non-hydrogen) atoms. The molecule has 1 N–H and O–H groups in total. The zero-order chi connectivity index (χ0) is 9.80. The summed E-state index contributed by atoms with van der Waals surface area (Å²) in [6.07, 6.45) is 4.78. The third-order valence-electron chi connectivity index (χ3n) is 2.05. The number of hydrogen-bond acceptors (Lipinski definition) is 3. The lowest BCUT2D eigenvalue weighted by atomic mass is 10.0. The summed E-state index contributed by atoms with van der Waals surface area (Å²) in [7, 11) is 0. The second-order valence-corrected chi connectivity index (χ2v) is 2.93. The average Bonchev–Trinajstić information content (AvgIpc) is 2.30. The first kappa shape index (κ1) is 8.69. The molecule has 0 aliphatic carbocycles. The van der Waals surface area contributed by atoms with E-state index in [9.17, 15) is 0 Å². The van der Waals surface area contributed by atoms with Crippen molar-refractivity contribution in [3.63, 3.8) is 0 Å². The summed E-state index contributed by atoms with van der Waals surface area (Å²) in [5.41, 5.74) is 8.96. The van der Waals surface area contributed by atoms with Crippen LogP contribution in [-0.4, -0.2) is 6.23 Å². The molecule has 1 aliphatic heterocycles. The minimum atomic E-state index is -0.498. The summed E-state index contributed by atoms with van der Waals surface area (Å²) in [4.78, 5) is 0. The monoisotopic (exact) mass is 186 g/mol. The molecule has 0 fully saturated rings. The van der Waals surface area contributed by atoms with Crippen molar-refractivity contribution in [2.45, 2.75) is 6.23 Å². The van der Waals surface area contributed by atoms with Crippen LogP contribution in [0.15, 0.2) is 53.9 Å². The quantitative estimate of drug-likeness (QED) is 0.709. The van der Waals surface area contributed by atoms with Crippen molar-refractivity contribution in [1.29, 1.82) is 5.53 Å². The van der Waals surface area contributed by atoms with E-state index >= 15 is 0 Å². The maximum atomic E-state index is 7.00. The smallest absolute Gasteiger partial charge is 0.233 e. The van der Waals surface area contributed by atoms with Gasteiger partial charge in [0, 0.05) is 5.57 Å². The van der Waals surface area contributed by atoms with Crippen molar-refractivity contribution in [3.05, 3.63) is 54.3 Å². The average molecular weight is 186 g/mol. The summed E-state index contributed by atoms with van der Waals surface area (Å²) >= 11 is 0. The zero-order valence-electron chi connectivity index (χ0n) is 7.55. The number of hydrogen-bond donors (Lipinski definition) is 1. The molecule has 1 aliphatic rings. The Balaban J connectivity index is 2.37. The van der Waals surface area contributed by atoms with Crippen LogP contribution in [0.5, 0.6) is 0 Å². The van der Waals surface area contributed by atoms with E-state index in [4.69, 9.17) is 10.3 Å². The number of ether oxygens (including phenoxy) is 1. The summed E-state index contributed by atoms with van der Waals surface area (Å²) in [5, 5.41) is 3.41. The molecule has 0 amide bonds. The van der Waals surface area contributed by atoms with Crippen LogP contribution in [-0.2, 0) is 4.74 Å². The minimum absolute atomic E-state index is 0.498. The van der Waals surface area contributed by atoms with Gasteiger partial charge in [-0.1, -0.05) is 30.3 Å². The molecule has 0 radical (unpaired) electrons. The van der Waals surface area contributed by atoms with Crippen molar-refractivity contribution in [1.82, 2.24) is 0 Å². The maximum Gasteiger partial charge on any atom is 0.233 e. The lowest BCUT2D eigenvalue weighted by Gasteiger charge is -2.17. The molecule has 0 saturated heterocycles. The first-order valence-corrected chi connectivity index (χ1v) is 4.36. The van der Waals surface area contributed by atoms with Crippen LogP contribution in [0.3, 0.4) is 0 Å². The predicted octanol–water partition coefficient (Wildman–Crippen LogP) is 2.97. The Kier molecular flexibility index (Phi) is 2.40. The molecule has 1 atom stereocenters. The zero-order valence-corrected chi connectivity index (χ0v) is 7.55. The summed E-state index contributed by atoms with van der Waals surface area (Å²) in [6, 6.07) is 9.82. The van der Waals surface area contributed by atoms with E-state index in [1.807, 2.05) is 42.5 Å². The van der Waals surface area contributed by atoms with E-state index in [1.54, 1.807) is 6.26 Å². The van der Waals surface area contributed by atoms with Crippen LogP contribution in [0, 0.1) is 5.53 Å². The highest BCUT2D eigenvalue weighted by atomic mass is 16.5. The maximum absolute atomic E-state index is 7.00. The van der Waals surface area contributed by atoms with E-state index in [0.717, 1.165) is 11.1 Å². The number of nitrogens with zero attached hydrogens (tertiary/aromatic N) is 1. The van der Waals surface area contributed by atoms with Gasteiger partial charge in [0.05, 0.1) is 6.26 Å². The molecule has 1 aromatic carbocycles. The van der Waals surface area contributed by atoms with Crippen LogP contribution in [0.4, 0.5) is 0 Å². The van der Waals surface area contributed by atoms with Crippen molar-refractivity contribution < 1.29 is 4.74 Å². The standard InChI is InChI=1S/C11H10N2O/c12-13-11-10(7-4-8-14-11)9-5-2-1-3-6-9/h1-8,11-12H. The lowest BCUT2D eigenvalue weighted by Crippen LogP contribution is -2.10. The van der Waals surface area contributed by atoms with E-state index in [-0.39, 0.29) is 0 Å². The molecule has 0 spiro atoms. The molecule has 3 nitrogen and oxygen atoms in total. The molecule has 0 bridgehead atoms. The van der Waals surface area contributed by atoms with Gasteiger partial charge in [-0.15, -0.1) is 5.11 Å². The van der Waals surface area contributed by atoms with Gasteiger partial charge in [0.2, 0.25) is 6.23 Å². The number of benzene rings is 1. The van der Waals surface area contributed by atoms with Crippen LogP contribution >= 0.6 is 0 Å². The normalized spacial score (nSPS) is 19.7. The third-order valence-corrected chi connectivity index (χ3v) is 2.05. The molecule has 0 aromatic heterocycles. The molecular formula is C11H10N2O. The van der Waals surface area contributed by atoms with Gasteiger partial charge in [-0.05, 0) is 17.7 Å². The number of nitrogens with one attached hydrogen (secondary N) is 1. The molecule has 1 unspecified atom stereocenters. The summed E-state index contributed by atoms with van der Waals surface area (Å²) in [6.45, 7) is 0. The van der Waals surface area contributed by atoms with Crippen LogP contribution in [0.2, 0.25) is 0 Å². The van der Waals surface area contributed by atoms with Crippen molar-refractivity contribution in [2.24, 2.45) is 5.11 Å². The summed E-state index contributed by atoms with van der Waals surface area (Å²) < 4.78 is 5.19. The lowest BCUT2D eigenvalue weighted by molar-refractivity contribution is 0.190. The van der Waals surface area contributed by atoms with Crippen molar-refractivity contribution >= 4 is 5.57 Å². The fourth-order valence-electron chi connectivity index (χ4n) is 1.39. The third kappa shape index (κ3) is 1.57. The second-order valence-electron chi connectivity index (χ2n) is 2.93. The first-order valence-electron chi connectivity index (χ1n) is 4.36. The van der Waals surface area contributed by atoms with Crippen molar-refractivity contribution in [3.8, 4) is 0 Å². The molecule has 1 aromatic rings. The van der Waals surface area contributed by atoms with Gasteiger partial charge in [0.25, 0.3) is 0 Å². The Morgan fingerprint density at radius 3 is 2.71 bits per heavy atom. The van der Waals surface area contributed by atoms with Crippen LogP contribution in [0.25, 0.3) is 5.57 Å². The fourth-order valence-corrected chi connectivity index (χ4v) is 1.39. The molecule has 2 rings (SSSR count). The van der Waals surface area contributed by atoms with E-state index < -0.39 is 6.23 Å².